The molecular weight excluding hydrogens is 453 g/mol. The van der Waals surface area contributed by atoms with Gasteiger partial charge in [0.25, 0.3) is 11.5 Å². The Morgan fingerprint density at radius 1 is 1.26 bits per heavy atom. The number of pyridine rings is 1. The van der Waals surface area contributed by atoms with Gasteiger partial charge >= 0.3 is 0 Å². The van der Waals surface area contributed by atoms with Gasteiger partial charge < -0.3 is 19.9 Å². The number of hydrogen-bond acceptors (Lipinski definition) is 7. The SMILES string of the molecule is COc1cc(CNC(=O)c2cc(C3=NO[C@H](c4c[nH]c(=O)c(C5CC5)c4)C3)nc(C)n2)ccc1F. The lowest BCUT2D eigenvalue weighted by Gasteiger charge is -2.10. The van der Waals surface area contributed by atoms with Crippen LogP contribution >= 0.6 is 0 Å². The summed E-state index contributed by atoms with van der Waals surface area (Å²) < 4.78 is 18.6. The van der Waals surface area contributed by atoms with E-state index < -0.39 is 11.7 Å². The average Bonchev–Trinajstić information content (AvgIpc) is 3.58. The Hall–Kier alpha value is -4.08. The van der Waals surface area contributed by atoms with E-state index in [1.54, 1.807) is 25.3 Å². The second kappa shape index (κ2) is 9.28. The van der Waals surface area contributed by atoms with Gasteiger partial charge in [-0.25, -0.2) is 14.4 Å². The molecule has 2 N–H and O–H groups in total. The Morgan fingerprint density at radius 3 is 2.86 bits per heavy atom. The first-order valence-corrected chi connectivity index (χ1v) is 11.3. The Kier molecular flexibility index (Phi) is 6.02. The number of nitrogens with one attached hydrogen (secondary N) is 2. The number of halogens is 1. The van der Waals surface area contributed by atoms with Crippen LogP contribution in [0, 0.1) is 12.7 Å². The van der Waals surface area contributed by atoms with Gasteiger partial charge in [-0.2, -0.15) is 0 Å². The smallest absolute Gasteiger partial charge is 0.270 e. The van der Waals surface area contributed by atoms with Gasteiger partial charge in [-0.3, -0.25) is 9.59 Å². The summed E-state index contributed by atoms with van der Waals surface area (Å²) in [7, 11) is 1.38. The molecule has 1 fully saturated rings. The number of carbonyl (C=O) groups excluding carboxylic acids is 1. The fourth-order valence-corrected chi connectivity index (χ4v) is 4.03. The van der Waals surface area contributed by atoms with Crippen molar-refractivity contribution in [2.24, 2.45) is 5.16 Å². The third-order valence-electron chi connectivity index (χ3n) is 6.05. The maximum atomic E-state index is 13.6. The Bertz CT molecular complexity index is 1380. The van der Waals surface area contributed by atoms with E-state index in [9.17, 15) is 14.0 Å². The highest BCUT2D eigenvalue weighted by Gasteiger charge is 2.30. The molecule has 0 saturated heterocycles. The molecule has 0 radical (unpaired) electrons. The van der Waals surface area contributed by atoms with Crippen molar-refractivity contribution in [2.45, 2.75) is 44.8 Å². The van der Waals surface area contributed by atoms with Crippen molar-refractivity contribution in [3.05, 3.63) is 86.6 Å². The highest BCUT2D eigenvalue weighted by molar-refractivity contribution is 6.02. The molecule has 0 unspecified atom stereocenters. The maximum absolute atomic E-state index is 13.6. The van der Waals surface area contributed by atoms with E-state index in [2.05, 4.69) is 25.4 Å². The average molecular weight is 477 g/mol. The number of benzene rings is 1. The van der Waals surface area contributed by atoms with Crippen molar-refractivity contribution in [1.82, 2.24) is 20.3 Å². The number of amides is 1. The summed E-state index contributed by atoms with van der Waals surface area (Å²) in [6.07, 6.45) is 3.81. The standard InChI is InChI=1S/C25H24FN5O4/c1-13-29-19(9-21(30-13)25(33)27-11-14-3-6-18(26)23(7-14)34-2)20-10-22(35-31-20)16-8-17(15-4-5-15)24(32)28-12-16/h3,6-9,12,15,22H,4-5,10-11H2,1-2H3,(H,27,33)(H,28,32)/t22-/m0/s1. The van der Waals surface area contributed by atoms with Crippen LogP contribution in [0.15, 0.2) is 46.5 Å². The minimum atomic E-state index is -0.470. The lowest BCUT2D eigenvalue weighted by atomic mass is 10.0. The van der Waals surface area contributed by atoms with Crippen LogP contribution in [0.3, 0.4) is 0 Å². The van der Waals surface area contributed by atoms with Crippen molar-refractivity contribution in [1.29, 1.82) is 0 Å². The Balaban J connectivity index is 1.28. The lowest BCUT2D eigenvalue weighted by Crippen LogP contribution is -2.25. The number of aryl methyl sites for hydroxylation is 1. The van der Waals surface area contributed by atoms with Gasteiger partial charge in [0.2, 0.25) is 0 Å². The molecule has 35 heavy (non-hydrogen) atoms. The van der Waals surface area contributed by atoms with Gasteiger partial charge in [-0.15, -0.1) is 0 Å². The van der Waals surface area contributed by atoms with E-state index in [4.69, 9.17) is 9.57 Å². The number of hydrogen-bond donors (Lipinski definition) is 2. The van der Waals surface area contributed by atoms with Crippen LogP contribution in [0.5, 0.6) is 5.75 Å². The molecule has 3 aromatic rings. The molecule has 1 saturated carbocycles. The van der Waals surface area contributed by atoms with Gasteiger partial charge in [-0.05, 0) is 55.5 Å². The zero-order valence-corrected chi connectivity index (χ0v) is 19.3. The molecule has 3 heterocycles. The molecule has 1 aliphatic carbocycles. The van der Waals surface area contributed by atoms with Gasteiger partial charge in [0.05, 0.1) is 12.8 Å². The van der Waals surface area contributed by atoms with Crippen molar-refractivity contribution in [3.63, 3.8) is 0 Å². The molecule has 5 rings (SSSR count). The minimum absolute atomic E-state index is 0.0588. The predicted octanol–water partition coefficient (Wildman–Crippen LogP) is 3.29. The highest BCUT2D eigenvalue weighted by Crippen LogP contribution is 2.39. The van der Waals surface area contributed by atoms with Crippen LogP contribution in [0.25, 0.3) is 0 Å². The van der Waals surface area contributed by atoms with E-state index in [1.807, 2.05) is 6.07 Å². The Morgan fingerprint density at radius 2 is 2.09 bits per heavy atom. The van der Waals surface area contributed by atoms with Gasteiger partial charge in [0.15, 0.2) is 17.7 Å². The summed E-state index contributed by atoms with van der Waals surface area (Å²) in [4.78, 5) is 42.0. The number of oxime groups is 1. The van der Waals surface area contributed by atoms with E-state index >= 15 is 0 Å². The number of methoxy groups -OCH3 is 1. The summed E-state index contributed by atoms with van der Waals surface area (Å²) in [6.45, 7) is 1.87. The summed E-state index contributed by atoms with van der Waals surface area (Å²) in [6, 6.07) is 7.86. The zero-order chi connectivity index (χ0) is 24.5. The van der Waals surface area contributed by atoms with Crippen LogP contribution in [-0.4, -0.2) is 33.7 Å². The number of carbonyl (C=O) groups is 1. The second-order valence-corrected chi connectivity index (χ2v) is 8.67. The fourth-order valence-electron chi connectivity index (χ4n) is 4.03. The van der Waals surface area contributed by atoms with E-state index in [0.29, 0.717) is 35.1 Å². The van der Waals surface area contributed by atoms with Crippen molar-refractivity contribution < 1.29 is 18.8 Å². The highest BCUT2D eigenvalue weighted by atomic mass is 19.1. The van der Waals surface area contributed by atoms with Crippen LogP contribution in [-0.2, 0) is 11.4 Å². The molecule has 1 aromatic carbocycles. The van der Waals surface area contributed by atoms with Crippen molar-refractivity contribution >= 4 is 11.6 Å². The van der Waals surface area contributed by atoms with Crippen LogP contribution < -0.4 is 15.6 Å². The van der Waals surface area contributed by atoms with E-state index in [0.717, 1.165) is 24.0 Å². The monoisotopic (exact) mass is 477 g/mol. The van der Waals surface area contributed by atoms with E-state index in [1.165, 1.54) is 19.2 Å². The molecule has 1 aliphatic heterocycles. The first-order valence-electron chi connectivity index (χ1n) is 11.3. The summed E-state index contributed by atoms with van der Waals surface area (Å²) in [5.41, 5.74) is 3.55. The van der Waals surface area contributed by atoms with Gasteiger partial charge in [0, 0.05) is 30.3 Å². The first-order chi connectivity index (χ1) is 16.9. The van der Waals surface area contributed by atoms with Crippen LogP contribution in [0.1, 0.15) is 70.0 Å². The van der Waals surface area contributed by atoms with Crippen LogP contribution in [0.2, 0.25) is 0 Å². The maximum Gasteiger partial charge on any atom is 0.270 e. The summed E-state index contributed by atoms with van der Waals surface area (Å²) in [5.74, 6) is -0.0187. The molecule has 2 aliphatic rings. The molecule has 180 valence electrons. The molecule has 1 amide bonds. The van der Waals surface area contributed by atoms with Crippen molar-refractivity contribution in [3.8, 4) is 5.75 Å². The molecular formula is C25H24FN5O4. The van der Waals surface area contributed by atoms with Gasteiger partial charge in [0.1, 0.15) is 17.2 Å². The summed E-state index contributed by atoms with van der Waals surface area (Å²) in [5, 5.41) is 6.97. The first kappa shape index (κ1) is 22.7. The molecule has 0 bridgehead atoms. The number of rotatable bonds is 7. The van der Waals surface area contributed by atoms with E-state index in [-0.39, 0.29) is 29.7 Å². The number of aromatic nitrogens is 3. The second-order valence-electron chi connectivity index (χ2n) is 8.67. The molecule has 2 aromatic heterocycles. The largest absolute Gasteiger partial charge is 0.494 e. The minimum Gasteiger partial charge on any atom is -0.494 e. The third-order valence-corrected chi connectivity index (χ3v) is 6.05. The zero-order valence-electron chi connectivity index (χ0n) is 19.3. The molecule has 0 spiro atoms. The third kappa shape index (κ3) is 4.91. The number of H-pyrrole nitrogens is 1. The Labute approximate surface area is 200 Å². The number of nitrogens with zero attached hydrogens (tertiary/aromatic N) is 3. The summed E-state index contributed by atoms with van der Waals surface area (Å²) >= 11 is 0. The number of ether oxygens (including phenoxy) is 1. The molecule has 1 atom stereocenters. The normalized spacial score (nSPS) is 17.0. The predicted molar refractivity (Wildman–Crippen MR) is 125 cm³/mol. The van der Waals surface area contributed by atoms with Crippen LogP contribution in [0.4, 0.5) is 4.39 Å². The van der Waals surface area contributed by atoms with Crippen molar-refractivity contribution in [2.75, 3.05) is 7.11 Å². The molecule has 10 heteroatoms. The van der Waals surface area contributed by atoms with Gasteiger partial charge in [-0.1, -0.05) is 11.2 Å². The fraction of sp³-hybridized carbons (Fsp3) is 0.320. The lowest BCUT2D eigenvalue weighted by molar-refractivity contribution is 0.0854. The topological polar surface area (TPSA) is 119 Å². The number of aromatic amines is 1. The molecule has 9 nitrogen and oxygen atoms in total. The quantitative estimate of drug-likeness (QED) is 0.539.